The molecule has 0 saturated heterocycles. The Bertz CT molecular complexity index is 214. The van der Waals surface area contributed by atoms with Crippen LogP contribution in [0.1, 0.15) is 39.5 Å². The first-order valence-electron chi connectivity index (χ1n) is 5.58. The van der Waals surface area contributed by atoms with Gasteiger partial charge in [0.1, 0.15) is 5.78 Å². The van der Waals surface area contributed by atoms with Crippen molar-refractivity contribution in [3.8, 4) is 0 Å². The van der Waals surface area contributed by atoms with Crippen molar-refractivity contribution in [2.24, 2.45) is 10.7 Å². The Morgan fingerprint density at radius 1 is 1.47 bits per heavy atom. The molecule has 0 aromatic heterocycles. The van der Waals surface area contributed by atoms with Crippen molar-refractivity contribution in [3.05, 3.63) is 0 Å². The largest absolute Gasteiger partial charge is 0.387 e. The monoisotopic (exact) mass is 213 g/mol. The third-order valence-electron chi connectivity index (χ3n) is 2.38. The molecule has 4 heteroatoms. The van der Waals surface area contributed by atoms with Gasteiger partial charge in [-0.2, -0.15) is 0 Å². The highest BCUT2D eigenvalue weighted by Gasteiger charge is 2.10. The zero-order valence-electron chi connectivity index (χ0n) is 10.0. The molecule has 0 aliphatic rings. The number of nitrogens with one attached hydrogen (secondary N) is 1. The summed E-state index contributed by atoms with van der Waals surface area (Å²) < 4.78 is 0. The molecule has 0 fully saturated rings. The summed E-state index contributed by atoms with van der Waals surface area (Å²) in [7, 11) is 1.82. The van der Waals surface area contributed by atoms with Gasteiger partial charge in [-0.1, -0.05) is 6.42 Å². The Kier molecular flexibility index (Phi) is 7.91. The lowest BCUT2D eigenvalue weighted by Crippen LogP contribution is -2.32. The molecule has 0 rings (SSSR count). The molecular weight excluding hydrogens is 190 g/mol. The summed E-state index contributed by atoms with van der Waals surface area (Å²) in [6.07, 6.45) is 3.72. The fourth-order valence-corrected chi connectivity index (χ4v) is 1.49. The van der Waals surface area contributed by atoms with Gasteiger partial charge in [0, 0.05) is 13.0 Å². The normalized spacial score (nSPS) is 13.9. The van der Waals surface area contributed by atoms with Crippen LogP contribution in [0.15, 0.2) is 4.99 Å². The molecule has 0 aliphatic heterocycles. The Labute approximate surface area is 92.3 Å². The van der Waals surface area contributed by atoms with E-state index in [0.29, 0.717) is 0 Å². The van der Waals surface area contributed by atoms with E-state index in [2.05, 4.69) is 10.3 Å². The van der Waals surface area contributed by atoms with E-state index >= 15 is 0 Å². The number of nitrogens with two attached hydrogens (primary N) is 1. The predicted octanol–water partition coefficient (Wildman–Crippen LogP) is 1.10. The number of unbranched alkanes of at least 4 members (excludes halogenated alkanes) is 1. The second kappa shape index (κ2) is 8.41. The van der Waals surface area contributed by atoms with Gasteiger partial charge in [-0.15, -0.1) is 0 Å². The maximum absolute atomic E-state index is 11.1. The minimum atomic E-state index is -0.00524. The highest BCUT2D eigenvalue weighted by atomic mass is 16.1. The molecule has 3 N–H and O–H groups in total. The van der Waals surface area contributed by atoms with Gasteiger partial charge in [-0.05, 0) is 33.7 Å². The van der Waals surface area contributed by atoms with Crippen LogP contribution in [0.2, 0.25) is 0 Å². The van der Waals surface area contributed by atoms with Gasteiger partial charge < -0.3 is 11.1 Å². The molecule has 1 atom stereocenters. The molecule has 0 aromatic carbocycles. The fraction of sp³-hybridized carbons (Fsp3) is 0.818. The number of rotatable bonds is 8. The maximum Gasteiger partial charge on any atom is 0.146 e. The third kappa shape index (κ3) is 7.08. The van der Waals surface area contributed by atoms with Crippen molar-refractivity contribution < 1.29 is 4.79 Å². The number of aliphatic imine (C=N–C) groups is 1. The van der Waals surface area contributed by atoms with Gasteiger partial charge in [0.25, 0.3) is 0 Å². The highest BCUT2D eigenvalue weighted by molar-refractivity contribution is 5.81. The highest BCUT2D eigenvalue weighted by Crippen LogP contribution is 2.04. The van der Waals surface area contributed by atoms with E-state index in [1.807, 2.05) is 14.0 Å². The Hall–Kier alpha value is -0.900. The zero-order valence-corrected chi connectivity index (χ0v) is 10.0. The lowest BCUT2D eigenvalue weighted by atomic mass is 10.1. The molecule has 4 nitrogen and oxygen atoms in total. The van der Waals surface area contributed by atoms with Crippen LogP contribution in [0, 0.1) is 0 Å². The summed E-state index contributed by atoms with van der Waals surface area (Å²) in [5.41, 5.74) is 5.66. The van der Waals surface area contributed by atoms with E-state index in [1.165, 1.54) is 0 Å². The lowest BCUT2D eigenvalue weighted by Gasteiger charge is -2.11. The Balaban J connectivity index is 3.61. The number of amidine groups is 1. The first kappa shape index (κ1) is 14.1. The third-order valence-corrected chi connectivity index (χ3v) is 2.38. The molecule has 0 radical (unpaired) electrons. The number of Topliss-reactive ketones (excluding diaryl/α,β-unsaturated/α-hetero) is 1. The van der Waals surface area contributed by atoms with Crippen molar-refractivity contribution in [2.45, 2.75) is 45.6 Å². The van der Waals surface area contributed by atoms with Crippen LogP contribution in [0.25, 0.3) is 0 Å². The van der Waals surface area contributed by atoms with Crippen LogP contribution < -0.4 is 11.1 Å². The number of carbonyl (C=O) groups excluding carboxylic acids is 1. The van der Waals surface area contributed by atoms with Crippen molar-refractivity contribution in [2.75, 3.05) is 13.6 Å². The van der Waals surface area contributed by atoms with Gasteiger partial charge in [-0.25, -0.2) is 0 Å². The molecule has 0 heterocycles. The summed E-state index contributed by atoms with van der Waals surface area (Å²) in [6, 6.07) is -0.00524. The van der Waals surface area contributed by atoms with Crippen LogP contribution in [0.3, 0.4) is 0 Å². The van der Waals surface area contributed by atoms with Crippen molar-refractivity contribution in [1.82, 2.24) is 5.32 Å². The molecule has 88 valence electrons. The molecule has 0 aliphatic carbocycles. The molecular formula is C11H23N3O. The van der Waals surface area contributed by atoms with Crippen LogP contribution in [0.5, 0.6) is 0 Å². The number of carbonyl (C=O) groups is 1. The van der Waals surface area contributed by atoms with Crippen molar-refractivity contribution >= 4 is 11.6 Å². The minimum absolute atomic E-state index is 0.00524. The van der Waals surface area contributed by atoms with Crippen LogP contribution in [0.4, 0.5) is 0 Å². The van der Waals surface area contributed by atoms with E-state index in [0.717, 1.165) is 38.1 Å². The standard InChI is InChI=1S/C11H23N3O/c1-4-14-11(12)8-6-5-7-10(13-3)9(2)15/h10,13H,4-8H2,1-3H3,(H2,12,14). The van der Waals surface area contributed by atoms with Crippen molar-refractivity contribution in [1.29, 1.82) is 0 Å². The quantitative estimate of drug-likeness (QED) is 0.360. The number of nitrogens with zero attached hydrogens (tertiary/aromatic N) is 1. The summed E-state index contributed by atoms with van der Waals surface area (Å²) in [4.78, 5) is 15.2. The SMILES string of the molecule is CCN=C(N)CCCCC(NC)C(C)=O. The molecule has 15 heavy (non-hydrogen) atoms. The smallest absolute Gasteiger partial charge is 0.146 e. The predicted molar refractivity (Wildman–Crippen MR) is 64.2 cm³/mol. The van der Waals surface area contributed by atoms with E-state index < -0.39 is 0 Å². The lowest BCUT2D eigenvalue weighted by molar-refractivity contribution is -0.119. The summed E-state index contributed by atoms with van der Waals surface area (Å²) in [6.45, 7) is 4.34. The second-order valence-electron chi connectivity index (χ2n) is 3.66. The first-order valence-corrected chi connectivity index (χ1v) is 5.58. The average Bonchev–Trinajstić information content (AvgIpc) is 2.17. The molecule has 0 bridgehead atoms. The maximum atomic E-state index is 11.1. The van der Waals surface area contributed by atoms with Crippen LogP contribution in [-0.2, 0) is 4.79 Å². The summed E-state index contributed by atoms with van der Waals surface area (Å²) >= 11 is 0. The van der Waals surface area contributed by atoms with Gasteiger partial charge in [0.05, 0.1) is 11.9 Å². The van der Waals surface area contributed by atoms with Crippen molar-refractivity contribution in [3.63, 3.8) is 0 Å². The van der Waals surface area contributed by atoms with E-state index in [9.17, 15) is 4.79 Å². The van der Waals surface area contributed by atoms with Gasteiger partial charge in [0.15, 0.2) is 0 Å². The summed E-state index contributed by atoms with van der Waals surface area (Å²) in [5, 5.41) is 3.00. The number of hydrogen-bond donors (Lipinski definition) is 2. The zero-order chi connectivity index (χ0) is 11.7. The Morgan fingerprint density at radius 2 is 2.13 bits per heavy atom. The molecule has 0 amide bonds. The minimum Gasteiger partial charge on any atom is -0.387 e. The number of likely N-dealkylation sites (N-methyl/N-ethyl adjacent to an activating group) is 1. The number of hydrogen-bond acceptors (Lipinski definition) is 3. The van der Waals surface area contributed by atoms with E-state index in [4.69, 9.17) is 5.73 Å². The Morgan fingerprint density at radius 3 is 2.60 bits per heavy atom. The first-order chi connectivity index (χ1) is 7.11. The molecule has 1 unspecified atom stereocenters. The average molecular weight is 213 g/mol. The number of ketones is 1. The van der Waals surface area contributed by atoms with Gasteiger partial charge in [-0.3, -0.25) is 9.79 Å². The molecule has 0 saturated carbocycles. The van der Waals surface area contributed by atoms with E-state index in [1.54, 1.807) is 6.92 Å². The van der Waals surface area contributed by atoms with Gasteiger partial charge in [0.2, 0.25) is 0 Å². The topological polar surface area (TPSA) is 67.5 Å². The fourth-order valence-electron chi connectivity index (χ4n) is 1.49. The van der Waals surface area contributed by atoms with Gasteiger partial charge >= 0.3 is 0 Å². The molecule has 0 spiro atoms. The van der Waals surface area contributed by atoms with Crippen LogP contribution >= 0.6 is 0 Å². The second-order valence-corrected chi connectivity index (χ2v) is 3.66. The summed E-state index contributed by atoms with van der Waals surface area (Å²) in [5.74, 6) is 0.925. The van der Waals surface area contributed by atoms with Crippen LogP contribution in [-0.4, -0.2) is 31.3 Å². The van der Waals surface area contributed by atoms with E-state index in [-0.39, 0.29) is 11.8 Å². The molecule has 0 aromatic rings.